The highest BCUT2D eigenvalue weighted by Gasteiger charge is 2.12. The van der Waals surface area contributed by atoms with Crippen molar-refractivity contribution >= 4 is 5.91 Å². The number of rotatable bonds is 6. The third kappa shape index (κ3) is 5.57. The molecule has 0 aliphatic carbocycles. The Hall–Kier alpha value is -1.05. The van der Waals surface area contributed by atoms with E-state index in [1.165, 1.54) is 7.11 Å². The van der Waals surface area contributed by atoms with E-state index in [1.807, 2.05) is 6.92 Å². The summed E-state index contributed by atoms with van der Waals surface area (Å²) in [6, 6.07) is 0.00257. The van der Waals surface area contributed by atoms with Gasteiger partial charge in [-0.15, -0.1) is 12.3 Å². The Morgan fingerprint density at radius 1 is 1.71 bits per heavy atom. The quantitative estimate of drug-likeness (QED) is 0.585. The van der Waals surface area contributed by atoms with E-state index in [4.69, 9.17) is 16.9 Å². The number of nitrogens with two attached hydrogens (primary N) is 1. The molecule has 80 valence electrons. The van der Waals surface area contributed by atoms with Crippen LogP contribution in [0.3, 0.4) is 0 Å². The molecule has 0 heterocycles. The summed E-state index contributed by atoms with van der Waals surface area (Å²) in [5.74, 6) is 2.40. The Kier molecular flexibility index (Phi) is 6.81. The Balaban J connectivity index is 3.80. The fraction of sp³-hybridized carbons (Fsp3) is 0.700. The second-order valence-corrected chi connectivity index (χ2v) is 3.17. The van der Waals surface area contributed by atoms with E-state index in [0.717, 1.165) is 0 Å². The van der Waals surface area contributed by atoms with Gasteiger partial charge in [0, 0.05) is 26.1 Å². The lowest BCUT2D eigenvalue weighted by atomic mass is 10.2. The fourth-order valence-corrected chi connectivity index (χ4v) is 1.03. The highest BCUT2D eigenvalue weighted by Crippen LogP contribution is 1.96. The average molecular weight is 198 g/mol. The lowest BCUT2D eigenvalue weighted by Crippen LogP contribution is -2.36. The van der Waals surface area contributed by atoms with Gasteiger partial charge in [-0.3, -0.25) is 4.79 Å². The molecule has 14 heavy (non-hydrogen) atoms. The summed E-state index contributed by atoms with van der Waals surface area (Å²) in [5, 5.41) is 2.76. The molecule has 0 fully saturated rings. The van der Waals surface area contributed by atoms with Crippen LogP contribution in [-0.2, 0) is 9.53 Å². The Morgan fingerprint density at radius 2 is 2.36 bits per heavy atom. The Bertz CT molecular complexity index is 207. The lowest BCUT2D eigenvalue weighted by Gasteiger charge is -2.15. The predicted octanol–water partition coefficient (Wildman–Crippen LogP) is -0.122. The van der Waals surface area contributed by atoms with Gasteiger partial charge in [-0.2, -0.15) is 0 Å². The van der Waals surface area contributed by atoms with Crippen LogP contribution in [0.4, 0.5) is 0 Å². The number of ether oxygens (including phenoxy) is 1. The van der Waals surface area contributed by atoms with Crippen LogP contribution in [0.5, 0.6) is 0 Å². The zero-order valence-corrected chi connectivity index (χ0v) is 8.75. The van der Waals surface area contributed by atoms with E-state index in [1.54, 1.807) is 0 Å². The van der Waals surface area contributed by atoms with E-state index in [9.17, 15) is 4.79 Å². The number of hydrogen-bond donors (Lipinski definition) is 2. The molecule has 0 aliphatic heterocycles. The molecule has 0 aromatic rings. The predicted molar refractivity (Wildman–Crippen MR) is 55.5 cm³/mol. The third-order valence-corrected chi connectivity index (χ3v) is 1.84. The number of hydrogen-bond acceptors (Lipinski definition) is 3. The van der Waals surface area contributed by atoms with Crippen LogP contribution >= 0.6 is 0 Å². The summed E-state index contributed by atoms with van der Waals surface area (Å²) in [5.41, 5.74) is 5.38. The molecule has 0 radical (unpaired) electrons. The van der Waals surface area contributed by atoms with Crippen LogP contribution in [0.15, 0.2) is 0 Å². The summed E-state index contributed by atoms with van der Waals surface area (Å²) in [6.07, 6.45) is 5.71. The van der Waals surface area contributed by atoms with Gasteiger partial charge in [0.15, 0.2) is 0 Å². The van der Waals surface area contributed by atoms with Gasteiger partial charge in [0.05, 0.1) is 12.5 Å². The monoisotopic (exact) mass is 198 g/mol. The van der Waals surface area contributed by atoms with E-state index >= 15 is 0 Å². The number of nitrogens with one attached hydrogen (secondary N) is 1. The summed E-state index contributed by atoms with van der Waals surface area (Å²) >= 11 is 0. The van der Waals surface area contributed by atoms with E-state index in [0.29, 0.717) is 13.0 Å². The molecule has 0 rings (SSSR count). The van der Waals surface area contributed by atoms with Crippen molar-refractivity contribution in [1.29, 1.82) is 0 Å². The molecule has 4 nitrogen and oxygen atoms in total. The maximum atomic E-state index is 11.3. The topological polar surface area (TPSA) is 64.4 Å². The number of methoxy groups -OCH3 is 1. The van der Waals surface area contributed by atoms with Crippen molar-refractivity contribution in [3.05, 3.63) is 0 Å². The van der Waals surface area contributed by atoms with Crippen molar-refractivity contribution < 1.29 is 9.53 Å². The molecule has 0 aliphatic rings. The molecular weight excluding hydrogens is 180 g/mol. The molecule has 0 saturated carbocycles. The van der Waals surface area contributed by atoms with Gasteiger partial charge >= 0.3 is 0 Å². The molecule has 2 atom stereocenters. The smallest absolute Gasteiger partial charge is 0.222 e. The van der Waals surface area contributed by atoms with Crippen LogP contribution in [0.25, 0.3) is 0 Å². The highest BCUT2D eigenvalue weighted by atomic mass is 16.5. The molecular formula is C10H18N2O2. The molecule has 0 saturated heterocycles. The average Bonchev–Trinajstić information content (AvgIpc) is 2.14. The normalized spacial score (nSPS) is 14.1. The third-order valence-electron chi connectivity index (χ3n) is 1.84. The van der Waals surface area contributed by atoms with Gasteiger partial charge in [0.1, 0.15) is 0 Å². The zero-order valence-electron chi connectivity index (χ0n) is 8.75. The number of carbonyl (C=O) groups excluding carboxylic acids is 1. The minimum absolute atomic E-state index is 0.00257. The van der Waals surface area contributed by atoms with Crippen LogP contribution in [-0.4, -0.2) is 31.7 Å². The van der Waals surface area contributed by atoms with Crippen molar-refractivity contribution in [3.63, 3.8) is 0 Å². The molecule has 0 spiro atoms. The van der Waals surface area contributed by atoms with Crippen LogP contribution < -0.4 is 11.1 Å². The first-order valence-electron chi connectivity index (χ1n) is 4.59. The standard InChI is InChI=1S/C10H18N2O2/c1-4-5-8(2)12-10(13)6-9(7-11)14-3/h1,8-9H,5-7,11H2,2-3H3,(H,12,13). The molecule has 4 heteroatoms. The summed E-state index contributed by atoms with van der Waals surface area (Å²) < 4.78 is 4.99. The maximum absolute atomic E-state index is 11.3. The van der Waals surface area contributed by atoms with E-state index < -0.39 is 0 Å². The highest BCUT2D eigenvalue weighted by molar-refractivity contribution is 5.76. The molecule has 1 amide bonds. The zero-order chi connectivity index (χ0) is 11.0. The minimum Gasteiger partial charge on any atom is -0.380 e. The van der Waals surface area contributed by atoms with Crippen molar-refractivity contribution in [2.45, 2.75) is 31.9 Å². The van der Waals surface area contributed by atoms with Gasteiger partial charge in [-0.05, 0) is 6.92 Å². The van der Waals surface area contributed by atoms with Gasteiger partial charge < -0.3 is 15.8 Å². The molecule has 0 aromatic heterocycles. The first-order valence-corrected chi connectivity index (χ1v) is 4.59. The first kappa shape index (κ1) is 12.9. The van der Waals surface area contributed by atoms with Gasteiger partial charge in [-0.1, -0.05) is 0 Å². The lowest BCUT2D eigenvalue weighted by molar-refractivity contribution is -0.123. The number of terminal acetylenes is 1. The minimum atomic E-state index is -0.215. The van der Waals surface area contributed by atoms with Gasteiger partial charge in [0.2, 0.25) is 5.91 Å². The maximum Gasteiger partial charge on any atom is 0.222 e. The summed E-state index contributed by atoms with van der Waals surface area (Å²) in [6.45, 7) is 2.20. The molecule has 2 unspecified atom stereocenters. The van der Waals surface area contributed by atoms with E-state index in [-0.39, 0.29) is 24.5 Å². The van der Waals surface area contributed by atoms with Gasteiger partial charge in [0.25, 0.3) is 0 Å². The molecule has 0 bridgehead atoms. The fourth-order valence-electron chi connectivity index (χ4n) is 1.03. The van der Waals surface area contributed by atoms with Crippen molar-refractivity contribution in [2.24, 2.45) is 5.73 Å². The van der Waals surface area contributed by atoms with E-state index in [2.05, 4.69) is 11.2 Å². The van der Waals surface area contributed by atoms with Gasteiger partial charge in [-0.25, -0.2) is 0 Å². The Morgan fingerprint density at radius 3 is 2.79 bits per heavy atom. The van der Waals surface area contributed by atoms with Crippen LogP contribution in [0, 0.1) is 12.3 Å². The second-order valence-electron chi connectivity index (χ2n) is 3.17. The number of carbonyl (C=O) groups is 1. The molecule has 0 aromatic carbocycles. The number of amides is 1. The van der Waals surface area contributed by atoms with Crippen molar-refractivity contribution in [3.8, 4) is 12.3 Å². The SMILES string of the molecule is C#CCC(C)NC(=O)CC(CN)OC. The van der Waals surface area contributed by atoms with Crippen molar-refractivity contribution in [1.82, 2.24) is 5.32 Å². The molecule has 3 N–H and O–H groups in total. The largest absolute Gasteiger partial charge is 0.380 e. The first-order chi connectivity index (χ1) is 6.63. The summed E-state index contributed by atoms with van der Waals surface area (Å²) in [7, 11) is 1.54. The van der Waals surface area contributed by atoms with Crippen molar-refractivity contribution in [2.75, 3.05) is 13.7 Å². The second kappa shape index (κ2) is 7.36. The Labute approximate surface area is 85.2 Å². The summed E-state index contributed by atoms with van der Waals surface area (Å²) in [4.78, 5) is 11.3. The van der Waals surface area contributed by atoms with Crippen LogP contribution in [0.2, 0.25) is 0 Å². The van der Waals surface area contributed by atoms with Crippen LogP contribution in [0.1, 0.15) is 19.8 Å².